The number of ether oxygens (including phenoxy) is 1. The number of halogens is 2. The molecule has 0 fully saturated rings. The fourth-order valence-corrected chi connectivity index (χ4v) is 4.25. The molecule has 0 N–H and O–H groups in total. The molecule has 1 aromatic heterocycles. The van der Waals surface area contributed by atoms with Crippen LogP contribution < -0.4 is 4.74 Å². The van der Waals surface area contributed by atoms with Crippen molar-refractivity contribution in [3.05, 3.63) is 100 Å². The number of carbonyl (C=O) groups is 1. The van der Waals surface area contributed by atoms with E-state index in [0.717, 1.165) is 5.69 Å². The van der Waals surface area contributed by atoms with Gasteiger partial charge in [-0.1, -0.05) is 65.3 Å². The van der Waals surface area contributed by atoms with Crippen LogP contribution in [-0.2, 0) is 0 Å². The Morgan fingerprint density at radius 2 is 1.66 bits per heavy atom. The topological polar surface area (TPSA) is 57.0 Å². The largest absolute Gasteiger partial charge is 0.481 e. The van der Waals surface area contributed by atoms with E-state index in [9.17, 15) is 4.79 Å². The van der Waals surface area contributed by atoms with Crippen LogP contribution >= 0.6 is 35.0 Å². The van der Waals surface area contributed by atoms with E-state index in [4.69, 9.17) is 27.9 Å². The number of ketones is 1. The van der Waals surface area contributed by atoms with Crippen LogP contribution in [-0.4, -0.2) is 26.3 Å². The molecule has 4 rings (SSSR count). The monoisotopic (exact) mass is 483 g/mol. The van der Waals surface area contributed by atoms with Gasteiger partial charge in [0.2, 0.25) is 0 Å². The fourth-order valence-electron chi connectivity index (χ4n) is 3.09. The molecule has 1 heterocycles. The van der Waals surface area contributed by atoms with Crippen molar-refractivity contribution < 1.29 is 9.53 Å². The second kappa shape index (κ2) is 10.2. The van der Waals surface area contributed by atoms with Gasteiger partial charge in [-0.3, -0.25) is 9.36 Å². The highest BCUT2D eigenvalue weighted by atomic mass is 35.5. The molecule has 0 spiro atoms. The summed E-state index contributed by atoms with van der Waals surface area (Å²) in [6.45, 7) is 1.89. The maximum absolute atomic E-state index is 12.6. The normalized spacial score (nSPS) is 11.8. The molecule has 0 aliphatic heterocycles. The van der Waals surface area contributed by atoms with E-state index in [-0.39, 0.29) is 11.5 Å². The SMILES string of the molecule is CC(Oc1ccccc1Cl)c1nnc(SCC(=O)c2ccc(Cl)cc2)n1-c1ccccc1. The molecule has 4 aromatic rings. The Morgan fingerprint density at radius 1 is 0.969 bits per heavy atom. The molecule has 0 saturated carbocycles. The van der Waals surface area contributed by atoms with E-state index in [1.165, 1.54) is 11.8 Å². The maximum atomic E-state index is 12.6. The molecule has 0 aliphatic carbocycles. The second-order valence-electron chi connectivity index (χ2n) is 6.92. The minimum absolute atomic E-state index is 0.0174. The van der Waals surface area contributed by atoms with E-state index >= 15 is 0 Å². The Hall–Kier alpha value is -2.80. The van der Waals surface area contributed by atoms with Gasteiger partial charge in [-0.15, -0.1) is 10.2 Å². The maximum Gasteiger partial charge on any atom is 0.196 e. The molecule has 0 radical (unpaired) electrons. The molecule has 1 unspecified atom stereocenters. The summed E-state index contributed by atoms with van der Waals surface area (Å²) >= 11 is 13.5. The van der Waals surface area contributed by atoms with Crippen LogP contribution in [0.1, 0.15) is 29.2 Å². The van der Waals surface area contributed by atoms with Crippen LogP contribution in [0, 0.1) is 0 Å². The van der Waals surface area contributed by atoms with Gasteiger partial charge in [-0.2, -0.15) is 0 Å². The molecular formula is C24H19Cl2N3O2S. The summed E-state index contributed by atoms with van der Waals surface area (Å²) in [7, 11) is 0. The molecule has 0 aliphatic rings. The number of carbonyl (C=O) groups excluding carboxylic acids is 1. The average molecular weight is 484 g/mol. The summed E-state index contributed by atoms with van der Waals surface area (Å²) in [6, 6.07) is 23.9. The first kappa shape index (κ1) is 22.4. The molecule has 5 nitrogen and oxygen atoms in total. The van der Waals surface area contributed by atoms with E-state index in [1.807, 2.05) is 60.0 Å². The lowest BCUT2D eigenvalue weighted by atomic mass is 10.1. The lowest BCUT2D eigenvalue weighted by Crippen LogP contribution is -2.12. The smallest absolute Gasteiger partial charge is 0.196 e. The number of aromatic nitrogens is 3. The van der Waals surface area contributed by atoms with Gasteiger partial charge in [0.1, 0.15) is 5.75 Å². The van der Waals surface area contributed by atoms with Crippen molar-refractivity contribution in [2.24, 2.45) is 0 Å². The predicted molar refractivity (Wildman–Crippen MR) is 128 cm³/mol. The van der Waals surface area contributed by atoms with Gasteiger partial charge in [-0.25, -0.2) is 0 Å². The third-order valence-corrected chi connectivity index (χ3v) is 6.17. The van der Waals surface area contributed by atoms with Crippen molar-refractivity contribution in [2.75, 3.05) is 5.75 Å². The molecule has 8 heteroatoms. The molecule has 3 aromatic carbocycles. The summed E-state index contributed by atoms with van der Waals surface area (Å²) in [5.74, 6) is 1.37. The summed E-state index contributed by atoms with van der Waals surface area (Å²) in [5.41, 5.74) is 1.48. The molecule has 0 amide bonds. The van der Waals surface area contributed by atoms with E-state index < -0.39 is 6.10 Å². The summed E-state index contributed by atoms with van der Waals surface area (Å²) < 4.78 is 7.97. The fraction of sp³-hybridized carbons (Fsp3) is 0.125. The number of nitrogens with zero attached hydrogens (tertiary/aromatic N) is 3. The minimum atomic E-state index is -0.427. The lowest BCUT2D eigenvalue weighted by Gasteiger charge is -2.17. The third-order valence-electron chi connectivity index (χ3n) is 4.68. The zero-order valence-electron chi connectivity index (χ0n) is 17.1. The van der Waals surface area contributed by atoms with Crippen LogP contribution in [0.2, 0.25) is 10.0 Å². The van der Waals surface area contributed by atoms with Crippen molar-refractivity contribution in [1.29, 1.82) is 0 Å². The average Bonchev–Trinajstić information content (AvgIpc) is 3.24. The van der Waals surface area contributed by atoms with Crippen molar-refractivity contribution in [2.45, 2.75) is 18.2 Å². The van der Waals surface area contributed by atoms with E-state index in [0.29, 0.717) is 32.3 Å². The highest BCUT2D eigenvalue weighted by Crippen LogP contribution is 2.31. The van der Waals surface area contributed by atoms with Crippen molar-refractivity contribution >= 4 is 40.7 Å². The first-order valence-corrected chi connectivity index (χ1v) is 11.6. The van der Waals surface area contributed by atoms with Gasteiger partial charge in [-0.05, 0) is 55.5 Å². The van der Waals surface area contributed by atoms with Crippen LogP contribution in [0.25, 0.3) is 5.69 Å². The standard InChI is InChI=1S/C24H19Cl2N3O2S/c1-16(31-22-10-6-5-9-20(22)26)23-27-28-24(29(23)19-7-3-2-4-8-19)32-15-21(30)17-11-13-18(25)14-12-17/h2-14,16H,15H2,1H3. The summed E-state index contributed by atoms with van der Waals surface area (Å²) in [5, 5.41) is 10.4. The number of rotatable bonds is 8. The first-order chi connectivity index (χ1) is 15.5. The van der Waals surface area contributed by atoms with Gasteiger partial charge >= 0.3 is 0 Å². The Kier molecular flexibility index (Phi) is 7.15. The minimum Gasteiger partial charge on any atom is -0.481 e. The number of hydrogen-bond donors (Lipinski definition) is 0. The molecule has 0 bridgehead atoms. The van der Waals surface area contributed by atoms with E-state index in [1.54, 1.807) is 30.3 Å². The first-order valence-electron chi connectivity index (χ1n) is 9.86. The Labute approximate surface area is 200 Å². The Balaban J connectivity index is 1.60. The van der Waals surface area contributed by atoms with E-state index in [2.05, 4.69) is 10.2 Å². The van der Waals surface area contributed by atoms with Gasteiger partial charge < -0.3 is 4.74 Å². The lowest BCUT2D eigenvalue weighted by molar-refractivity contribution is 0.102. The quantitative estimate of drug-likeness (QED) is 0.206. The van der Waals surface area contributed by atoms with Crippen molar-refractivity contribution in [3.63, 3.8) is 0 Å². The van der Waals surface area contributed by atoms with Crippen LogP contribution in [0.15, 0.2) is 84.0 Å². The third kappa shape index (κ3) is 5.15. The van der Waals surface area contributed by atoms with Crippen molar-refractivity contribution in [3.8, 4) is 11.4 Å². The second-order valence-corrected chi connectivity index (χ2v) is 8.71. The Bertz CT molecular complexity index is 1210. The highest BCUT2D eigenvalue weighted by Gasteiger charge is 2.22. The molecule has 0 saturated heterocycles. The molecule has 162 valence electrons. The number of Topliss-reactive ketones (excluding diaryl/α,β-unsaturated/α-hetero) is 1. The zero-order valence-corrected chi connectivity index (χ0v) is 19.4. The van der Waals surface area contributed by atoms with Gasteiger partial charge in [0.15, 0.2) is 22.9 Å². The summed E-state index contributed by atoms with van der Waals surface area (Å²) in [6.07, 6.45) is -0.427. The van der Waals surface area contributed by atoms with Crippen molar-refractivity contribution in [1.82, 2.24) is 14.8 Å². The number of hydrogen-bond acceptors (Lipinski definition) is 5. The van der Waals surface area contributed by atoms with Gasteiger partial charge in [0.25, 0.3) is 0 Å². The number of para-hydroxylation sites is 2. The molecular weight excluding hydrogens is 465 g/mol. The molecule has 1 atom stereocenters. The van der Waals surface area contributed by atoms with Gasteiger partial charge in [0, 0.05) is 16.3 Å². The van der Waals surface area contributed by atoms with Gasteiger partial charge in [0.05, 0.1) is 10.8 Å². The Morgan fingerprint density at radius 3 is 2.38 bits per heavy atom. The van der Waals surface area contributed by atoms with Crippen LogP contribution in [0.5, 0.6) is 5.75 Å². The number of thioether (sulfide) groups is 1. The zero-order chi connectivity index (χ0) is 22.5. The molecule has 32 heavy (non-hydrogen) atoms. The summed E-state index contributed by atoms with van der Waals surface area (Å²) in [4.78, 5) is 12.6. The van der Waals surface area contributed by atoms with Crippen LogP contribution in [0.4, 0.5) is 0 Å². The number of benzene rings is 3. The highest BCUT2D eigenvalue weighted by molar-refractivity contribution is 7.99. The predicted octanol–water partition coefficient (Wildman–Crippen LogP) is 6.69. The van der Waals surface area contributed by atoms with Crippen LogP contribution in [0.3, 0.4) is 0 Å².